The van der Waals surface area contributed by atoms with Crippen molar-refractivity contribution in [2.45, 2.75) is 213 Å². The van der Waals surface area contributed by atoms with Crippen LogP contribution in [0.3, 0.4) is 0 Å². The lowest BCUT2D eigenvalue weighted by molar-refractivity contribution is -0.150. The molecule has 0 aromatic heterocycles. The maximum Gasteiger partial charge on any atom is 0.408 e. The summed E-state index contributed by atoms with van der Waals surface area (Å²) in [5.41, 5.74) is 11.4. The van der Waals surface area contributed by atoms with E-state index >= 15 is 0 Å². The van der Waals surface area contributed by atoms with Crippen molar-refractivity contribution >= 4 is 195 Å². The Hall–Kier alpha value is -10.0. The Morgan fingerprint density at radius 2 is 0.926 bits per heavy atom. The van der Waals surface area contributed by atoms with Gasteiger partial charge in [0.15, 0.2) is 0 Å². The average molecular weight is 2110 g/mol. The van der Waals surface area contributed by atoms with Gasteiger partial charge in [-0.3, -0.25) is 33.6 Å². The third-order valence-electron chi connectivity index (χ3n) is 16.6. The minimum atomic E-state index is -1.41. The summed E-state index contributed by atoms with van der Waals surface area (Å²) in [5.74, 6) is -3.69. The first-order valence-electron chi connectivity index (χ1n) is 41.6. The van der Waals surface area contributed by atoms with Gasteiger partial charge in [0.1, 0.15) is 72.3 Å². The van der Waals surface area contributed by atoms with Crippen LogP contribution in [-0.2, 0) is 146 Å². The van der Waals surface area contributed by atoms with Gasteiger partial charge in [-0.1, -0.05) is 126 Å². The van der Waals surface area contributed by atoms with E-state index in [0.717, 1.165) is 55.2 Å². The third-order valence-corrected chi connectivity index (χ3v) is 27.7. The number of nitrogens with one attached hydrogen (secondary N) is 7. The Labute approximate surface area is 838 Å². The molecule has 0 unspecified atom stereocenters. The van der Waals surface area contributed by atoms with Gasteiger partial charge < -0.3 is 106 Å². The number of ether oxygens (including phenoxy) is 8. The fourth-order valence-corrected chi connectivity index (χ4v) is 20.7. The standard InChI is InChI=1S/C17H24N2O5.C17H24N2O4S.C16H21NO6.C12H12ClN3O.C10H18N2O3.C7H3ClFN.C5H10N2O.C4H8O.CH5N.ClH.P2S5/c1-17(2,3)24-16(22)19-13(15(21)18-4)10-14(20)23-11-12-8-6-5-7-9-12;1-17(2,3)23-16(21)19-13(15(24)18-4)10-14(20)22-11-12-8-6-5-7-9-12;1-16(2,3)23-15(21)17-12(14(19)20)9-13(18)22-10-11-7-5-4-6-8-11;1-16-7-10(5-12(16)17)15-9-3-2-8(6-14)11(13)4-9;1-10(2,3)15-9(14)11-7-5-8(13)12(4)6-7;8-7-3-6(9)2-1-5(7)4-10;1-7-3-4(6)2-5(7)8;1-2-4-5-3-1;1-2;;3-1-2-5-7-6-4/h5-9,13H,10-11H2,1-4H3,(H,18,21)(H,19,22);5-9,13H,10-11H2,1-4H3,(H,18,24)(H,19,21);4-8,12H,9-10H2,1-3H3,(H,17,21)(H,19,20);2-4,10,15H,5,7H2,1H3;7H,5-6H2,1-4H3,(H,11,14);1-3H;4H,2-3,6H2,1H3;1-4H2;2H2,1H3;1H;/t2*13-;12-;10-;7-;;4-;;;;/m00000.0..../s1. The quantitative estimate of drug-likeness (QED) is 0.0133. The Morgan fingerprint density at radius 1 is 0.559 bits per heavy atom. The van der Waals surface area contributed by atoms with Crippen molar-refractivity contribution in [3.8, 4) is 12.1 Å². The molecule has 5 aromatic carbocycles. The highest BCUT2D eigenvalue weighted by molar-refractivity contribution is 8.63. The van der Waals surface area contributed by atoms with E-state index in [0.29, 0.717) is 53.5 Å². The Balaban J connectivity index is 0. The van der Waals surface area contributed by atoms with Crippen molar-refractivity contribution in [3.05, 3.63) is 171 Å². The maximum absolute atomic E-state index is 12.3. The topological polar surface area (TPSA) is 492 Å². The van der Waals surface area contributed by atoms with E-state index in [4.69, 9.17) is 94.7 Å². The fourth-order valence-electron chi connectivity index (χ4n) is 10.6. The number of anilines is 1. The first kappa shape index (κ1) is 128. The second-order valence-corrected chi connectivity index (χ2v) is 43.8. The van der Waals surface area contributed by atoms with Gasteiger partial charge in [-0.05, 0) is 206 Å². The van der Waals surface area contributed by atoms with Crippen molar-refractivity contribution in [1.82, 2.24) is 46.6 Å². The summed E-state index contributed by atoms with van der Waals surface area (Å²) in [7, 11) is 16.7. The van der Waals surface area contributed by atoms with Gasteiger partial charge in [0.2, 0.25) is 23.6 Å². The SMILES string of the molecule is C1CCOC1.CC(C)(C)OC(=O)N[C@@H](CC(=O)OCc1ccccc1)C(=O)O.CN.CN1C[C@@H](N)CC1=O.CN1C[C@@H](NC(=O)OC(C)(C)C)CC1=O.CN1C[C@@H](Nc2ccc(C#N)c(Cl)c2)CC1=O.CNC(=O)[C@H](CC(=O)OCc1ccccc1)NC(=O)OC(C)(C)C.CNC(=S)[C@H](CC(=O)OCc1ccccc1)NC(=O)OC(C)(C)C.Cl.N#Cc1ccc(F)cc1Cl.S=PP=S=S=S=S. The maximum atomic E-state index is 12.3. The number of benzene rings is 5. The summed E-state index contributed by atoms with van der Waals surface area (Å²) in [6, 6.07) is 37.1. The minimum absolute atomic E-state index is 0. The number of carbonyl (C=O) groups excluding carboxylic acids is 11. The van der Waals surface area contributed by atoms with Gasteiger partial charge in [-0.2, -0.15) is 10.5 Å². The normalized spacial score (nSPS) is 14.8. The van der Waals surface area contributed by atoms with Crippen molar-refractivity contribution in [2.24, 2.45) is 11.5 Å². The number of hydrogen-bond donors (Lipinski definition) is 10. The number of amides is 8. The lowest BCUT2D eigenvalue weighted by Crippen LogP contribution is -2.48. The summed E-state index contributed by atoms with van der Waals surface area (Å²) in [5, 5.41) is 44.9. The number of nitrogens with two attached hydrogens (primary N) is 2. The van der Waals surface area contributed by atoms with Crippen LogP contribution in [0.2, 0.25) is 10.0 Å². The lowest BCUT2D eigenvalue weighted by atomic mass is 10.2. The number of carboxylic acids is 1. The molecule has 6 atom stereocenters. The number of carboxylic acid groups (broad SMARTS) is 1. The van der Waals surface area contributed by atoms with Crippen LogP contribution in [-0.4, -0.2) is 230 Å². The van der Waals surface area contributed by atoms with E-state index in [2.05, 4.69) is 65.9 Å². The predicted molar refractivity (Wildman–Crippen MR) is 541 cm³/mol. The zero-order valence-electron chi connectivity index (χ0n) is 79.3. The molecule has 0 bridgehead atoms. The zero-order valence-corrected chi connectivity index (χ0v) is 88.3. The van der Waals surface area contributed by atoms with Crippen LogP contribution >= 0.6 is 61.9 Å². The minimum Gasteiger partial charge on any atom is -0.480 e. The number of halogens is 4. The van der Waals surface area contributed by atoms with Gasteiger partial charge >= 0.3 is 48.3 Å². The zero-order chi connectivity index (χ0) is 103. The Morgan fingerprint density at radius 3 is 1.24 bits per heavy atom. The van der Waals surface area contributed by atoms with Crippen LogP contribution < -0.4 is 48.7 Å². The van der Waals surface area contributed by atoms with Crippen LogP contribution in [0.1, 0.15) is 162 Å². The molecule has 12 N–H and O–H groups in total. The molecule has 136 heavy (non-hydrogen) atoms. The third kappa shape index (κ3) is 63.4. The number of carbonyl (C=O) groups is 12. The van der Waals surface area contributed by atoms with Crippen molar-refractivity contribution in [3.63, 3.8) is 0 Å². The molecule has 4 heterocycles. The van der Waals surface area contributed by atoms with Gasteiger partial charge in [0.05, 0.1) is 63.5 Å². The summed E-state index contributed by atoms with van der Waals surface area (Å²) < 4.78 is 52.9. The monoisotopic (exact) mass is 2100 g/mol. The molecule has 5 aromatic rings. The molecule has 35 nitrogen and oxygen atoms in total. The van der Waals surface area contributed by atoms with Gasteiger partial charge in [-0.15, -0.1) is 12.4 Å². The molecule has 4 saturated heterocycles. The molecule has 0 spiro atoms. The molecule has 0 radical (unpaired) electrons. The van der Waals surface area contributed by atoms with Crippen LogP contribution in [0.15, 0.2) is 127 Å². The van der Waals surface area contributed by atoms with Crippen molar-refractivity contribution in [1.29, 1.82) is 10.5 Å². The molecule has 752 valence electrons. The highest BCUT2D eigenvalue weighted by Crippen LogP contribution is 2.24. The van der Waals surface area contributed by atoms with Crippen molar-refractivity contribution in [2.75, 3.05) is 80.5 Å². The molecule has 47 heteroatoms. The average Bonchev–Trinajstić information content (AvgIpc) is 1.70. The number of likely N-dealkylation sites (N-methyl/N-ethyl adjacent to an activating group) is 5. The van der Waals surface area contributed by atoms with Crippen LogP contribution in [0.5, 0.6) is 0 Å². The van der Waals surface area contributed by atoms with E-state index in [1.807, 2.05) is 78.9 Å². The Bertz CT molecular complexity index is 4760. The highest BCUT2D eigenvalue weighted by Gasteiger charge is 2.33. The molecule has 4 fully saturated rings. The number of hydrogen-bond acceptors (Lipinski definition) is 28. The van der Waals surface area contributed by atoms with E-state index in [1.165, 1.54) is 55.0 Å². The van der Waals surface area contributed by atoms with Crippen molar-refractivity contribution < 1.29 is 105 Å². The number of rotatable bonds is 22. The molecule has 9 rings (SSSR count). The molecule has 4 aliphatic rings. The van der Waals surface area contributed by atoms with E-state index in [-0.39, 0.29) is 85.9 Å². The number of esters is 3. The second-order valence-electron chi connectivity index (χ2n) is 32.8. The number of thiocarbonyl (C=S) groups is 1. The molecular weight excluding hydrogens is 1980 g/mol. The Kier molecular flexibility index (Phi) is 65.7. The number of alkyl carbamates (subject to hydrolysis) is 4. The summed E-state index contributed by atoms with van der Waals surface area (Å²) in [6.45, 7) is 25.0. The van der Waals surface area contributed by atoms with Gasteiger partial charge in [0, 0.05) is 113 Å². The number of nitriles is 2. The number of aliphatic carboxylic acids is 1. The highest BCUT2D eigenvalue weighted by atomic mass is 35.5. The molecule has 8 amide bonds. The fraction of sp³-hybridized carbons (Fsp3) is 0.494. The van der Waals surface area contributed by atoms with Gasteiger partial charge in [0.25, 0.3) is 0 Å². The van der Waals surface area contributed by atoms with Crippen LogP contribution in [0, 0.1) is 28.5 Å². The molecule has 0 saturated carbocycles. The number of likely N-dealkylation sites (tertiary alicyclic amines) is 3. The first-order valence-corrected chi connectivity index (χ1v) is 51.3. The number of nitrogens with zero attached hydrogens (tertiary/aromatic N) is 5. The lowest BCUT2D eigenvalue weighted by Gasteiger charge is -2.23. The summed E-state index contributed by atoms with van der Waals surface area (Å²) >= 11 is 25.8. The summed E-state index contributed by atoms with van der Waals surface area (Å²) in [4.78, 5) is 144. The largest absolute Gasteiger partial charge is 0.480 e. The van der Waals surface area contributed by atoms with Gasteiger partial charge in [-0.25, -0.2) is 28.4 Å². The summed E-state index contributed by atoms with van der Waals surface area (Å²) in [6.07, 6.45) is 0.309. The van der Waals surface area contributed by atoms with Crippen LogP contribution in [0.25, 0.3) is 0 Å². The van der Waals surface area contributed by atoms with E-state index < -0.39 is 107 Å². The molecule has 0 aliphatic carbocycles. The smallest absolute Gasteiger partial charge is 0.408 e. The van der Waals surface area contributed by atoms with E-state index in [1.54, 1.807) is 187 Å². The first-order chi connectivity index (χ1) is 63.3. The van der Waals surface area contributed by atoms with E-state index in [9.17, 15) is 61.9 Å². The molecule has 4 aliphatic heterocycles. The molecular formula is C89H126Cl3FN14O21P2S6. The second kappa shape index (κ2) is 69.7. The van der Waals surface area contributed by atoms with Crippen LogP contribution in [0.4, 0.5) is 29.3 Å². The predicted octanol–water partition coefficient (Wildman–Crippen LogP) is 13.0.